The van der Waals surface area contributed by atoms with Crippen molar-refractivity contribution in [2.75, 3.05) is 0 Å². The monoisotopic (exact) mass is 624 g/mol. The summed E-state index contributed by atoms with van der Waals surface area (Å²) in [6.07, 6.45) is 0. The molecule has 0 spiro atoms. The molecule has 0 aliphatic rings. The van der Waals surface area contributed by atoms with Crippen LogP contribution in [0.3, 0.4) is 0 Å². The summed E-state index contributed by atoms with van der Waals surface area (Å²) in [6, 6.07) is 59.8. The minimum absolute atomic E-state index is 0.634. The molecule has 228 valence electrons. The molecule has 0 aliphatic heterocycles. The van der Waals surface area contributed by atoms with E-state index < -0.39 is 0 Å². The van der Waals surface area contributed by atoms with Crippen LogP contribution < -0.4 is 0 Å². The SMILES string of the molecule is c1ccc(-c2nc(-c3ccc4ccccc4c3)nc(-c3cc(-n4c5ccccc5c5c6ccccc6ccc54)c4ccccc4c3)n2)cc1. The number of benzene rings is 8. The fourth-order valence-electron chi connectivity index (χ4n) is 7.28. The molecule has 0 unspecified atom stereocenters. The third kappa shape index (κ3) is 4.49. The Labute approximate surface area is 282 Å². The van der Waals surface area contributed by atoms with Gasteiger partial charge in [-0.2, -0.15) is 0 Å². The lowest BCUT2D eigenvalue weighted by Crippen LogP contribution is -2.02. The first-order chi connectivity index (χ1) is 24.3. The molecule has 0 amide bonds. The number of aromatic nitrogens is 4. The van der Waals surface area contributed by atoms with Crippen molar-refractivity contribution in [3.63, 3.8) is 0 Å². The van der Waals surface area contributed by atoms with Crippen molar-refractivity contribution in [1.82, 2.24) is 19.5 Å². The van der Waals surface area contributed by atoms with Gasteiger partial charge in [0, 0.05) is 32.8 Å². The molecule has 0 aliphatic carbocycles. The summed E-state index contributed by atoms with van der Waals surface area (Å²) in [6.45, 7) is 0. The van der Waals surface area contributed by atoms with Crippen molar-refractivity contribution in [2.45, 2.75) is 0 Å². The molecule has 49 heavy (non-hydrogen) atoms. The summed E-state index contributed by atoms with van der Waals surface area (Å²) < 4.78 is 2.41. The zero-order valence-electron chi connectivity index (χ0n) is 26.5. The van der Waals surface area contributed by atoms with E-state index in [2.05, 4.69) is 156 Å². The molecule has 0 saturated carbocycles. The van der Waals surface area contributed by atoms with Crippen molar-refractivity contribution in [2.24, 2.45) is 0 Å². The Balaban J connectivity index is 1.26. The van der Waals surface area contributed by atoms with Gasteiger partial charge in [0.15, 0.2) is 17.5 Å². The molecule has 0 radical (unpaired) electrons. The van der Waals surface area contributed by atoms with E-state index in [1.807, 2.05) is 18.2 Å². The highest BCUT2D eigenvalue weighted by atomic mass is 15.0. The number of para-hydroxylation sites is 1. The number of rotatable bonds is 4. The normalized spacial score (nSPS) is 11.7. The van der Waals surface area contributed by atoms with Gasteiger partial charge in [-0.05, 0) is 57.3 Å². The third-order valence-corrected chi connectivity index (χ3v) is 9.58. The quantitative estimate of drug-likeness (QED) is 0.196. The Hall–Kier alpha value is -6.65. The van der Waals surface area contributed by atoms with Crippen LogP contribution in [0.15, 0.2) is 170 Å². The highest BCUT2D eigenvalue weighted by molar-refractivity contribution is 6.21. The maximum Gasteiger partial charge on any atom is 0.164 e. The number of hydrogen-bond acceptors (Lipinski definition) is 3. The van der Waals surface area contributed by atoms with Gasteiger partial charge in [-0.15, -0.1) is 0 Å². The largest absolute Gasteiger partial charge is 0.309 e. The van der Waals surface area contributed by atoms with Gasteiger partial charge in [-0.25, -0.2) is 15.0 Å². The minimum Gasteiger partial charge on any atom is -0.309 e. The van der Waals surface area contributed by atoms with E-state index in [-0.39, 0.29) is 0 Å². The van der Waals surface area contributed by atoms with Gasteiger partial charge in [0.25, 0.3) is 0 Å². The van der Waals surface area contributed by atoms with Crippen molar-refractivity contribution in [3.8, 4) is 39.9 Å². The van der Waals surface area contributed by atoms with Gasteiger partial charge in [0.05, 0.1) is 16.7 Å². The molecule has 0 atom stereocenters. The zero-order chi connectivity index (χ0) is 32.3. The van der Waals surface area contributed by atoms with Crippen LogP contribution in [0.2, 0.25) is 0 Å². The summed E-state index contributed by atoms with van der Waals surface area (Å²) >= 11 is 0. The molecule has 8 aromatic carbocycles. The molecule has 10 rings (SSSR count). The molecule has 0 fully saturated rings. The van der Waals surface area contributed by atoms with Gasteiger partial charge >= 0.3 is 0 Å². The first-order valence-electron chi connectivity index (χ1n) is 16.5. The average Bonchev–Trinajstić information content (AvgIpc) is 3.52. The molecule has 4 nitrogen and oxygen atoms in total. The highest BCUT2D eigenvalue weighted by Crippen LogP contribution is 2.40. The van der Waals surface area contributed by atoms with Crippen molar-refractivity contribution in [1.29, 1.82) is 0 Å². The molecule has 2 aromatic heterocycles. The number of hydrogen-bond donors (Lipinski definition) is 0. The molecule has 2 heterocycles. The second kappa shape index (κ2) is 11.0. The smallest absolute Gasteiger partial charge is 0.164 e. The number of fused-ring (bicyclic) bond motifs is 7. The lowest BCUT2D eigenvalue weighted by Gasteiger charge is -2.15. The fraction of sp³-hybridized carbons (Fsp3) is 0. The average molecular weight is 625 g/mol. The summed E-state index contributed by atoms with van der Waals surface area (Å²) in [5.41, 5.74) is 6.25. The predicted molar refractivity (Wildman–Crippen MR) is 203 cm³/mol. The lowest BCUT2D eigenvalue weighted by molar-refractivity contribution is 1.07. The van der Waals surface area contributed by atoms with Gasteiger partial charge < -0.3 is 4.57 Å². The first-order valence-corrected chi connectivity index (χ1v) is 16.5. The van der Waals surface area contributed by atoms with Crippen LogP contribution in [0.1, 0.15) is 0 Å². The Bertz CT molecular complexity index is 2890. The fourth-order valence-corrected chi connectivity index (χ4v) is 7.28. The summed E-state index contributed by atoms with van der Waals surface area (Å²) in [7, 11) is 0. The van der Waals surface area contributed by atoms with Crippen LogP contribution >= 0.6 is 0 Å². The van der Waals surface area contributed by atoms with Crippen LogP contribution in [0.4, 0.5) is 0 Å². The van der Waals surface area contributed by atoms with Gasteiger partial charge in [-0.1, -0.05) is 140 Å². The van der Waals surface area contributed by atoms with Gasteiger partial charge in [0.1, 0.15) is 0 Å². The molecular formula is C45H28N4. The minimum atomic E-state index is 0.634. The van der Waals surface area contributed by atoms with Gasteiger partial charge in [-0.3, -0.25) is 0 Å². The van der Waals surface area contributed by atoms with E-state index in [9.17, 15) is 0 Å². The van der Waals surface area contributed by atoms with Crippen LogP contribution in [0.25, 0.3) is 94.0 Å². The van der Waals surface area contributed by atoms with E-state index in [4.69, 9.17) is 15.0 Å². The second-order valence-corrected chi connectivity index (χ2v) is 12.5. The summed E-state index contributed by atoms with van der Waals surface area (Å²) in [4.78, 5) is 15.3. The van der Waals surface area contributed by atoms with Crippen molar-refractivity contribution < 1.29 is 0 Å². The van der Waals surface area contributed by atoms with Crippen LogP contribution in [0, 0.1) is 0 Å². The maximum absolute atomic E-state index is 5.17. The standard InChI is InChI=1S/C45H28N4/c1-2-14-31(15-3-1)43-46-44(34-23-22-29-12-4-5-16-32(29)26-34)48-45(47-43)35-27-33-17-7-8-18-36(33)41(28-35)49-39-21-11-10-20-38(39)42-37-19-9-6-13-30(37)24-25-40(42)49/h1-28H. The lowest BCUT2D eigenvalue weighted by atomic mass is 10.0. The van der Waals surface area contributed by atoms with Crippen LogP contribution in [0.5, 0.6) is 0 Å². The summed E-state index contributed by atoms with van der Waals surface area (Å²) in [5, 5.41) is 9.58. The molecule has 0 bridgehead atoms. The molecule has 10 aromatic rings. The van der Waals surface area contributed by atoms with E-state index in [0.717, 1.165) is 44.1 Å². The van der Waals surface area contributed by atoms with E-state index in [0.29, 0.717) is 17.5 Å². The molecule has 4 heteroatoms. The predicted octanol–water partition coefficient (Wildman–Crippen LogP) is 11.4. The summed E-state index contributed by atoms with van der Waals surface area (Å²) in [5.74, 6) is 1.93. The van der Waals surface area contributed by atoms with Crippen molar-refractivity contribution >= 4 is 54.1 Å². The Morgan fingerprint density at radius 3 is 1.71 bits per heavy atom. The van der Waals surface area contributed by atoms with E-state index >= 15 is 0 Å². The van der Waals surface area contributed by atoms with E-state index in [1.165, 1.54) is 32.4 Å². The van der Waals surface area contributed by atoms with E-state index in [1.54, 1.807) is 0 Å². The number of nitrogens with zero attached hydrogens (tertiary/aromatic N) is 4. The Morgan fingerprint density at radius 2 is 0.898 bits per heavy atom. The van der Waals surface area contributed by atoms with Crippen molar-refractivity contribution in [3.05, 3.63) is 170 Å². The van der Waals surface area contributed by atoms with Gasteiger partial charge in [0.2, 0.25) is 0 Å². The topological polar surface area (TPSA) is 43.6 Å². The Kier molecular flexibility index (Phi) is 6.15. The third-order valence-electron chi connectivity index (χ3n) is 9.58. The molecule has 0 saturated heterocycles. The molecule has 0 N–H and O–H groups in total. The molecular weight excluding hydrogens is 597 g/mol. The second-order valence-electron chi connectivity index (χ2n) is 12.5. The highest BCUT2D eigenvalue weighted by Gasteiger charge is 2.19. The maximum atomic E-state index is 5.17. The zero-order valence-corrected chi connectivity index (χ0v) is 26.5. The van der Waals surface area contributed by atoms with Crippen LogP contribution in [-0.2, 0) is 0 Å². The Morgan fingerprint density at radius 1 is 0.327 bits per heavy atom. The van der Waals surface area contributed by atoms with Crippen LogP contribution in [-0.4, -0.2) is 19.5 Å². The first kappa shape index (κ1) is 27.5.